The smallest absolute Gasteiger partial charge is 0.462 e. The largest absolute Gasteiger partial charge is 0.472 e. The average Bonchev–Trinajstić information content (AvgIpc) is 3.13. The Morgan fingerprint density at radius 1 is 0.582 bits per heavy atom. The Hall–Kier alpha value is -2.55. The molecule has 0 saturated carbocycles. The van der Waals surface area contributed by atoms with Gasteiger partial charge in [-0.2, -0.15) is 0 Å². The molecule has 0 bridgehead atoms. The van der Waals surface area contributed by atoms with Crippen LogP contribution in [0.5, 0.6) is 0 Å². The molecule has 0 heterocycles. The van der Waals surface area contributed by atoms with Gasteiger partial charge in [-0.05, 0) is 77.0 Å². The fourth-order valence-corrected chi connectivity index (χ4v) is 5.90. The summed E-state index contributed by atoms with van der Waals surface area (Å²) in [5, 5.41) is 0. The maximum absolute atomic E-state index is 12.7. The molecule has 0 spiro atoms. The first-order valence-electron chi connectivity index (χ1n) is 21.2. The molecule has 0 aliphatic carbocycles. The van der Waals surface area contributed by atoms with Gasteiger partial charge in [0.2, 0.25) is 0 Å². The fourth-order valence-electron chi connectivity index (χ4n) is 5.16. The van der Waals surface area contributed by atoms with E-state index in [1.165, 1.54) is 6.42 Å². The number of rotatable bonds is 37. The minimum Gasteiger partial charge on any atom is -0.462 e. The van der Waals surface area contributed by atoms with Gasteiger partial charge in [-0.25, -0.2) is 4.57 Å². The van der Waals surface area contributed by atoms with Crippen LogP contribution in [0.15, 0.2) is 72.9 Å². The Balaban J connectivity index is 4.40. The average molecular weight is 793 g/mol. The molecule has 1 N–H and O–H groups in total. The molecular weight excluding hydrogens is 713 g/mol. The zero-order valence-electron chi connectivity index (χ0n) is 35.4. The molecule has 0 radical (unpaired) electrons. The number of phosphoric ester groups is 1. The number of quaternary nitrogens is 1. The highest BCUT2D eigenvalue weighted by atomic mass is 31.2. The van der Waals surface area contributed by atoms with Crippen LogP contribution in [0.1, 0.15) is 149 Å². The summed E-state index contributed by atoms with van der Waals surface area (Å²) in [6.07, 6.45) is 45.3. The van der Waals surface area contributed by atoms with E-state index in [9.17, 15) is 19.0 Å². The molecule has 10 heteroatoms. The minimum absolute atomic E-state index is 0.0224. The Labute approximate surface area is 336 Å². The summed E-state index contributed by atoms with van der Waals surface area (Å²) < 4.78 is 34.2. The number of nitrogens with zero attached hydrogens (tertiary/aromatic N) is 1. The second-order valence-electron chi connectivity index (χ2n) is 15.0. The molecule has 9 nitrogen and oxygen atoms in total. The maximum Gasteiger partial charge on any atom is 0.472 e. The molecule has 2 unspecified atom stereocenters. The van der Waals surface area contributed by atoms with Crippen LogP contribution in [0.4, 0.5) is 0 Å². The molecule has 0 aromatic rings. The first kappa shape index (κ1) is 52.5. The quantitative estimate of drug-likeness (QED) is 0.0218. The van der Waals surface area contributed by atoms with Gasteiger partial charge in [-0.1, -0.05) is 132 Å². The van der Waals surface area contributed by atoms with Crippen molar-refractivity contribution >= 4 is 19.8 Å². The van der Waals surface area contributed by atoms with Crippen LogP contribution < -0.4 is 0 Å². The van der Waals surface area contributed by atoms with E-state index in [4.69, 9.17) is 18.5 Å². The summed E-state index contributed by atoms with van der Waals surface area (Å²) in [6.45, 7) is 4.18. The number of phosphoric acid groups is 1. The van der Waals surface area contributed by atoms with E-state index in [2.05, 4.69) is 86.8 Å². The number of ether oxygens (including phenoxy) is 2. The standard InChI is InChI=1S/C45H78NO8P/c1-6-8-10-12-14-16-18-19-20-21-22-23-24-25-26-27-28-30-32-34-36-38-45(48)54-43(42-53-55(49,50)52-40-39-46(3,4)5)41-51-44(47)37-35-33-31-29-17-15-13-11-9-7-2/h8,10-11,13-14,16,19-20,22-23,25-26,43H,6-7,9,12,15,17-18,21,24,27-42H2,1-5H3/p+1/b10-8-,13-11-,16-14-,20-19-,23-22-,26-25-. The van der Waals surface area contributed by atoms with Crippen LogP contribution in [0.2, 0.25) is 0 Å². The van der Waals surface area contributed by atoms with Crippen molar-refractivity contribution in [3.8, 4) is 0 Å². The van der Waals surface area contributed by atoms with Gasteiger partial charge in [0, 0.05) is 12.8 Å². The molecule has 0 aromatic heterocycles. The molecule has 0 aromatic carbocycles. The highest BCUT2D eigenvalue weighted by Crippen LogP contribution is 2.43. The molecule has 0 saturated heterocycles. The zero-order chi connectivity index (χ0) is 40.7. The van der Waals surface area contributed by atoms with Gasteiger partial charge >= 0.3 is 19.8 Å². The number of hydrogen-bond acceptors (Lipinski definition) is 7. The van der Waals surface area contributed by atoms with Crippen LogP contribution in [0.3, 0.4) is 0 Å². The highest BCUT2D eigenvalue weighted by molar-refractivity contribution is 7.47. The first-order valence-corrected chi connectivity index (χ1v) is 22.7. The van der Waals surface area contributed by atoms with Gasteiger partial charge < -0.3 is 18.9 Å². The summed E-state index contributed by atoms with van der Waals surface area (Å²) in [4.78, 5) is 35.2. The van der Waals surface area contributed by atoms with E-state index < -0.39 is 26.5 Å². The van der Waals surface area contributed by atoms with E-state index in [1.807, 2.05) is 21.1 Å². The lowest BCUT2D eigenvalue weighted by Crippen LogP contribution is -2.37. The van der Waals surface area contributed by atoms with E-state index in [-0.39, 0.29) is 32.0 Å². The van der Waals surface area contributed by atoms with Gasteiger partial charge in [0.05, 0.1) is 27.7 Å². The molecule has 55 heavy (non-hydrogen) atoms. The zero-order valence-corrected chi connectivity index (χ0v) is 36.3. The number of carbonyl (C=O) groups is 2. The van der Waals surface area contributed by atoms with E-state index in [0.717, 1.165) is 109 Å². The molecule has 0 fully saturated rings. The Bertz CT molecular complexity index is 1170. The molecule has 0 amide bonds. The predicted molar refractivity (Wildman–Crippen MR) is 229 cm³/mol. The number of carbonyl (C=O) groups excluding carboxylic acids is 2. The van der Waals surface area contributed by atoms with Crippen molar-refractivity contribution in [3.05, 3.63) is 72.9 Å². The summed E-state index contributed by atoms with van der Waals surface area (Å²) in [5.41, 5.74) is 0. The third kappa shape index (κ3) is 40.9. The van der Waals surface area contributed by atoms with E-state index in [0.29, 0.717) is 17.4 Å². The van der Waals surface area contributed by atoms with Crippen molar-refractivity contribution in [2.75, 3.05) is 47.5 Å². The predicted octanol–water partition coefficient (Wildman–Crippen LogP) is 11.9. The number of likely N-dealkylation sites (N-methyl/N-ethyl adjacent to an activating group) is 1. The van der Waals surface area contributed by atoms with Crippen LogP contribution in [0, 0.1) is 0 Å². The Morgan fingerprint density at radius 2 is 1.04 bits per heavy atom. The lowest BCUT2D eigenvalue weighted by atomic mass is 10.1. The minimum atomic E-state index is -4.38. The molecule has 0 rings (SSSR count). The van der Waals surface area contributed by atoms with Crippen molar-refractivity contribution in [3.63, 3.8) is 0 Å². The SMILES string of the molecule is CC/C=C\C/C=C\C/C=C\C/C=C\C/C=C\CCCCCCCC(=O)OC(COC(=O)CCCCCCC/C=C\CCC)COP(=O)(O)OCC[N+](C)(C)C. The van der Waals surface area contributed by atoms with Crippen molar-refractivity contribution < 1.29 is 42.1 Å². The van der Waals surface area contributed by atoms with Gasteiger partial charge in [-0.3, -0.25) is 18.6 Å². The second kappa shape index (κ2) is 37.1. The normalized spacial score (nSPS) is 14.4. The van der Waals surface area contributed by atoms with Gasteiger partial charge in [-0.15, -0.1) is 0 Å². The van der Waals surface area contributed by atoms with Crippen LogP contribution >= 0.6 is 7.82 Å². The van der Waals surface area contributed by atoms with Gasteiger partial charge in [0.1, 0.15) is 19.8 Å². The van der Waals surface area contributed by atoms with E-state index in [1.54, 1.807) is 0 Å². The lowest BCUT2D eigenvalue weighted by molar-refractivity contribution is -0.870. The summed E-state index contributed by atoms with van der Waals surface area (Å²) >= 11 is 0. The number of esters is 2. The number of unbranched alkanes of at least 4 members (excludes halogenated alkanes) is 11. The molecule has 0 aliphatic heterocycles. The topological polar surface area (TPSA) is 108 Å². The Kier molecular flexibility index (Phi) is 35.3. The van der Waals surface area contributed by atoms with Crippen molar-refractivity contribution in [2.45, 2.75) is 155 Å². The number of allylic oxidation sites excluding steroid dienone is 12. The summed E-state index contributed by atoms with van der Waals surface area (Å²) in [7, 11) is 1.44. The second-order valence-corrected chi connectivity index (χ2v) is 16.4. The van der Waals surface area contributed by atoms with Crippen molar-refractivity contribution in [2.24, 2.45) is 0 Å². The van der Waals surface area contributed by atoms with Gasteiger partial charge in [0.15, 0.2) is 6.10 Å². The molecule has 316 valence electrons. The van der Waals surface area contributed by atoms with Crippen molar-refractivity contribution in [1.82, 2.24) is 0 Å². The molecular formula is C45H79NO8P+. The maximum atomic E-state index is 12.7. The number of hydrogen-bond donors (Lipinski definition) is 1. The van der Waals surface area contributed by atoms with Crippen LogP contribution in [-0.2, 0) is 32.7 Å². The summed E-state index contributed by atoms with van der Waals surface area (Å²) in [5.74, 6) is -0.841. The van der Waals surface area contributed by atoms with Gasteiger partial charge in [0.25, 0.3) is 0 Å². The first-order chi connectivity index (χ1) is 26.5. The van der Waals surface area contributed by atoms with Crippen LogP contribution in [-0.4, -0.2) is 74.9 Å². The molecule has 0 aliphatic rings. The fraction of sp³-hybridized carbons (Fsp3) is 0.689. The Morgan fingerprint density at radius 3 is 1.56 bits per heavy atom. The molecule has 2 atom stereocenters. The summed E-state index contributed by atoms with van der Waals surface area (Å²) in [6, 6.07) is 0. The monoisotopic (exact) mass is 793 g/mol. The van der Waals surface area contributed by atoms with Crippen molar-refractivity contribution in [1.29, 1.82) is 0 Å². The van der Waals surface area contributed by atoms with Crippen LogP contribution in [0.25, 0.3) is 0 Å². The lowest BCUT2D eigenvalue weighted by Gasteiger charge is -2.24. The van der Waals surface area contributed by atoms with E-state index >= 15 is 0 Å². The third-order valence-electron chi connectivity index (χ3n) is 8.45. The third-order valence-corrected chi connectivity index (χ3v) is 9.44. The highest BCUT2D eigenvalue weighted by Gasteiger charge is 2.27.